The fourth-order valence-corrected chi connectivity index (χ4v) is 2.61. The Kier molecular flexibility index (Phi) is 4.33. The predicted molar refractivity (Wildman–Crippen MR) is 75.4 cm³/mol. The molecular formula is C15H22N2O2. The Morgan fingerprint density at radius 3 is 2.53 bits per heavy atom. The summed E-state index contributed by atoms with van der Waals surface area (Å²) >= 11 is 0. The van der Waals surface area contributed by atoms with Crippen LogP contribution in [0.3, 0.4) is 0 Å². The Bertz CT molecular complexity index is 382. The Labute approximate surface area is 114 Å². The van der Waals surface area contributed by atoms with Gasteiger partial charge in [-0.3, -0.25) is 4.90 Å². The number of nitrogens with zero attached hydrogens (tertiary/aromatic N) is 1. The summed E-state index contributed by atoms with van der Waals surface area (Å²) in [6, 6.07) is 9.26. The third-order valence-corrected chi connectivity index (χ3v) is 3.76. The molecule has 1 N–H and O–H groups in total. The molecule has 2 aliphatic rings. The van der Waals surface area contributed by atoms with E-state index in [1.165, 1.54) is 11.3 Å². The van der Waals surface area contributed by atoms with Crippen LogP contribution in [-0.2, 0) is 16.0 Å². The second kappa shape index (κ2) is 6.37. The lowest BCUT2D eigenvalue weighted by Crippen LogP contribution is -2.35. The largest absolute Gasteiger partial charge is 0.380 e. The Morgan fingerprint density at radius 1 is 1.05 bits per heavy atom. The zero-order chi connectivity index (χ0) is 12.9. The number of rotatable bonds is 4. The Balaban J connectivity index is 1.52. The van der Waals surface area contributed by atoms with Gasteiger partial charge in [0.25, 0.3) is 0 Å². The minimum atomic E-state index is 0.477. The molecule has 2 heterocycles. The van der Waals surface area contributed by atoms with E-state index in [-0.39, 0.29) is 0 Å². The predicted octanol–water partition coefficient (Wildman–Crippen LogP) is 1.72. The van der Waals surface area contributed by atoms with Gasteiger partial charge in [-0.1, -0.05) is 12.1 Å². The van der Waals surface area contributed by atoms with Gasteiger partial charge in [0.15, 0.2) is 0 Å². The van der Waals surface area contributed by atoms with Crippen molar-refractivity contribution in [1.29, 1.82) is 0 Å². The maximum atomic E-state index is 5.37. The molecule has 0 amide bonds. The summed E-state index contributed by atoms with van der Waals surface area (Å²) in [5.41, 5.74) is 2.57. The SMILES string of the molecule is c1cc(NC2CCOC2)ccc1CN1CCOCC1. The van der Waals surface area contributed by atoms with Crippen LogP contribution < -0.4 is 5.32 Å². The highest BCUT2D eigenvalue weighted by Crippen LogP contribution is 2.16. The molecular weight excluding hydrogens is 240 g/mol. The first-order chi connectivity index (χ1) is 9.40. The molecule has 3 rings (SSSR count). The average Bonchev–Trinajstić information content (AvgIpc) is 2.95. The van der Waals surface area contributed by atoms with Crippen LogP contribution in [0.2, 0.25) is 0 Å². The monoisotopic (exact) mass is 262 g/mol. The van der Waals surface area contributed by atoms with Gasteiger partial charge in [-0.25, -0.2) is 0 Å². The molecule has 4 heteroatoms. The van der Waals surface area contributed by atoms with Crippen molar-refractivity contribution in [2.75, 3.05) is 44.8 Å². The first-order valence-corrected chi connectivity index (χ1v) is 7.13. The maximum Gasteiger partial charge on any atom is 0.0668 e. The fraction of sp³-hybridized carbons (Fsp3) is 0.600. The summed E-state index contributed by atoms with van der Waals surface area (Å²) < 4.78 is 10.7. The smallest absolute Gasteiger partial charge is 0.0668 e. The quantitative estimate of drug-likeness (QED) is 0.896. The fourth-order valence-electron chi connectivity index (χ4n) is 2.61. The lowest BCUT2D eigenvalue weighted by molar-refractivity contribution is 0.0342. The molecule has 0 bridgehead atoms. The van der Waals surface area contributed by atoms with Crippen molar-refractivity contribution in [2.24, 2.45) is 0 Å². The number of anilines is 1. The van der Waals surface area contributed by atoms with Crippen molar-refractivity contribution < 1.29 is 9.47 Å². The van der Waals surface area contributed by atoms with Crippen molar-refractivity contribution in [3.8, 4) is 0 Å². The van der Waals surface area contributed by atoms with Gasteiger partial charge >= 0.3 is 0 Å². The molecule has 2 fully saturated rings. The van der Waals surface area contributed by atoms with Crippen LogP contribution in [0.5, 0.6) is 0 Å². The second-order valence-corrected chi connectivity index (χ2v) is 5.29. The lowest BCUT2D eigenvalue weighted by Gasteiger charge is -2.26. The highest BCUT2D eigenvalue weighted by atomic mass is 16.5. The van der Waals surface area contributed by atoms with Crippen LogP contribution in [0.4, 0.5) is 5.69 Å². The van der Waals surface area contributed by atoms with E-state index in [4.69, 9.17) is 9.47 Å². The first-order valence-electron chi connectivity index (χ1n) is 7.13. The maximum absolute atomic E-state index is 5.37. The van der Waals surface area contributed by atoms with Crippen LogP contribution in [0.1, 0.15) is 12.0 Å². The normalized spacial score (nSPS) is 24.5. The standard InChI is InChI=1S/C15H22N2O2/c1-3-14(16-15-5-8-19-12-15)4-2-13(1)11-17-6-9-18-10-7-17/h1-4,15-16H,5-12H2. The topological polar surface area (TPSA) is 33.7 Å². The number of hydrogen-bond acceptors (Lipinski definition) is 4. The zero-order valence-electron chi connectivity index (χ0n) is 11.3. The molecule has 1 aromatic carbocycles. The van der Waals surface area contributed by atoms with E-state index in [9.17, 15) is 0 Å². The van der Waals surface area contributed by atoms with Crippen molar-refractivity contribution >= 4 is 5.69 Å². The van der Waals surface area contributed by atoms with Gasteiger partial charge in [0, 0.05) is 31.9 Å². The van der Waals surface area contributed by atoms with Gasteiger partial charge < -0.3 is 14.8 Å². The molecule has 2 saturated heterocycles. The van der Waals surface area contributed by atoms with Crippen LogP contribution in [0.15, 0.2) is 24.3 Å². The van der Waals surface area contributed by atoms with Gasteiger partial charge in [-0.2, -0.15) is 0 Å². The van der Waals surface area contributed by atoms with E-state index in [0.717, 1.165) is 52.5 Å². The molecule has 0 aromatic heterocycles. The summed E-state index contributed by atoms with van der Waals surface area (Å²) in [4.78, 5) is 2.44. The summed E-state index contributed by atoms with van der Waals surface area (Å²) in [5, 5.41) is 3.51. The van der Waals surface area contributed by atoms with E-state index >= 15 is 0 Å². The molecule has 0 spiro atoms. The van der Waals surface area contributed by atoms with Gasteiger partial charge in [-0.05, 0) is 24.1 Å². The van der Waals surface area contributed by atoms with Crippen LogP contribution in [-0.4, -0.2) is 50.5 Å². The number of hydrogen-bond donors (Lipinski definition) is 1. The molecule has 104 valence electrons. The van der Waals surface area contributed by atoms with Gasteiger partial charge in [-0.15, -0.1) is 0 Å². The second-order valence-electron chi connectivity index (χ2n) is 5.29. The lowest BCUT2D eigenvalue weighted by atomic mass is 10.1. The number of benzene rings is 1. The highest BCUT2D eigenvalue weighted by Gasteiger charge is 2.15. The van der Waals surface area contributed by atoms with Crippen LogP contribution in [0, 0.1) is 0 Å². The Morgan fingerprint density at radius 2 is 1.84 bits per heavy atom. The molecule has 0 saturated carbocycles. The molecule has 19 heavy (non-hydrogen) atoms. The van der Waals surface area contributed by atoms with E-state index in [0.29, 0.717) is 6.04 Å². The van der Waals surface area contributed by atoms with Gasteiger partial charge in [0.05, 0.1) is 25.9 Å². The van der Waals surface area contributed by atoms with Gasteiger partial charge in [0.1, 0.15) is 0 Å². The van der Waals surface area contributed by atoms with E-state index < -0.39 is 0 Å². The summed E-state index contributed by atoms with van der Waals surface area (Å²) in [6.45, 7) is 6.54. The minimum absolute atomic E-state index is 0.477. The summed E-state index contributed by atoms with van der Waals surface area (Å²) in [5.74, 6) is 0. The third-order valence-electron chi connectivity index (χ3n) is 3.76. The molecule has 2 aliphatic heterocycles. The van der Waals surface area contributed by atoms with Crippen molar-refractivity contribution in [2.45, 2.75) is 19.0 Å². The van der Waals surface area contributed by atoms with Crippen LogP contribution >= 0.6 is 0 Å². The first kappa shape index (κ1) is 12.9. The van der Waals surface area contributed by atoms with E-state index in [1.807, 2.05) is 0 Å². The number of ether oxygens (including phenoxy) is 2. The number of morpholine rings is 1. The van der Waals surface area contributed by atoms with E-state index in [2.05, 4.69) is 34.5 Å². The summed E-state index contributed by atoms with van der Waals surface area (Å²) in [7, 11) is 0. The molecule has 0 radical (unpaired) electrons. The average molecular weight is 262 g/mol. The van der Waals surface area contributed by atoms with Crippen molar-refractivity contribution in [3.05, 3.63) is 29.8 Å². The zero-order valence-corrected chi connectivity index (χ0v) is 11.3. The molecule has 0 aliphatic carbocycles. The van der Waals surface area contributed by atoms with E-state index in [1.54, 1.807) is 0 Å². The summed E-state index contributed by atoms with van der Waals surface area (Å²) in [6.07, 6.45) is 1.11. The molecule has 1 unspecified atom stereocenters. The number of nitrogens with one attached hydrogen (secondary N) is 1. The Hall–Kier alpha value is -1.10. The highest BCUT2D eigenvalue weighted by molar-refractivity contribution is 5.45. The molecule has 1 atom stereocenters. The van der Waals surface area contributed by atoms with Crippen LogP contribution in [0.25, 0.3) is 0 Å². The minimum Gasteiger partial charge on any atom is -0.380 e. The van der Waals surface area contributed by atoms with Gasteiger partial charge in [0.2, 0.25) is 0 Å². The molecule has 4 nitrogen and oxygen atoms in total. The third kappa shape index (κ3) is 3.69. The van der Waals surface area contributed by atoms with Crippen molar-refractivity contribution in [1.82, 2.24) is 4.90 Å². The molecule has 1 aromatic rings. The van der Waals surface area contributed by atoms with Crippen molar-refractivity contribution in [3.63, 3.8) is 0 Å².